The van der Waals surface area contributed by atoms with Crippen LogP contribution in [0.25, 0.3) is 5.52 Å². The van der Waals surface area contributed by atoms with Gasteiger partial charge in [-0.15, -0.1) is 0 Å². The van der Waals surface area contributed by atoms with E-state index in [-0.39, 0.29) is 0 Å². The van der Waals surface area contributed by atoms with Crippen LogP contribution < -0.4 is 10.6 Å². The third kappa shape index (κ3) is 2.40. The van der Waals surface area contributed by atoms with Crippen molar-refractivity contribution in [3.05, 3.63) is 29.5 Å². The normalized spacial score (nSPS) is 20.4. The van der Waals surface area contributed by atoms with Gasteiger partial charge in [-0.05, 0) is 49.6 Å². The van der Waals surface area contributed by atoms with Crippen LogP contribution in [0.15, 0.2) is 18.2 Å². The van der Waals surface area contributed by atoms with E-state index >= 15 is 0 Å². The number of aromatic nitrogens is 2. The molecule has 0 aromatic carbocycles. The highest BCUT2D eigenvalue weighted by Crippen LogP contribution is 2.41. The zero-order chi connectivity index (χ0) is 14.4. The minimum absolute atomic E-state index is 0.503. The van der Waals surface area contributed by atoms with Crippen LogP contribution in [0, 0.1) is 0 Å². The number of anilines is 1. The number of hydrogen-bond acceptors (Lipinski definition) is 4. The smallest absolute Gasteiger partial charge is 0.131 e. The molecule has 2 aromatic heterocycles. The van der Waals surface area contributed by atoms with Crippen LogP contribution >= 0.6 is 0 Å². The van der Waals surface area contributed by atoms with Crippen LogP contribution in [0.4, 0.5) is 5.82 Å². The molecule has 2 aliphatic rings. The maximum atomic E-state index is 5.77. The number of pyridine rings is 1. The summed E-state index contributed by atoms with van der Waals surface area (Å²) in [4.78, 5) is 4.85. The van der Waals surface area contributed by atoms with Gasteiger partial charge in [-0.25, -0.2) is 4.52 Å². The lowest BCUT2D eigenvalue weighted by Crippen LogP contribution is -2.45. The first-order chi connectivity index (χ1) is 10.2. The van der Waals surface area contributed by atoms with E-state index in [4.69, 9.17) is 5.73 Å². The summed E-state index contributed by atoms with van der Waals surface area (Å²) >= 11 is 0. The molecule has 0 unspecified atom stereocenters. The second-order valence-electron chi connectivity index (χ2n) is 6.39. The molecule has 0 radical (unpaired) electrons. The first-order valence-electron chi connectivity index (χ1n) is 7.91. The Hall–Kier alpha value is -1.59. The summed E-state index contributed by atoms with van der Waals surface area (Å²) in [6.45, 7) is 4.86. The van der Waals surface area contributed by atoms with Gasteiger partial charge in [0.25, 0.3) is 0 Å². The predicted molar refractivity (Wildman–Crippen MR) is 84.8 cm³/mol. The predicted octanol–water partition coefficient (Wildman–Crippen LogP) is 1.42. The van der Waals surface area contributed by atoms with Crippen molar-refractivity contribution in [3.8, 4) is 0 Å². The van der Waals surface area contributed by atoms with E-state index in [1.54, 1.807) is 0 Å². The van der Waals surface area contributed by atoms with Crippen molar-refractivity contribution in [2.75, 3.05) is 38.1 Å². The van der Waals surface area contributed by atoms with Gasteiger partial charge < -0.3 is 15.5 Å². The summed E-state index contributed by atoms with van der Waals surface area (Å²) in [6.07, 6.45) is 2.66. The molecule has 0 bridgehead atoms. The van der Waals surface area contributed by atoms with Crippen LogP contribution in [0.2, 0.25) is 0 Å². The Morgan fingerprint density at radius 1 is 1.14 bits per heavy atom. The lowest BCUT2D eigenvalue weighted by molar-refractivity contribution is 0.311. The van der Waals surface area contributed by atoms with Crippen LogP contribution in [-0.2, 0) is 6.54 Å². The SMILES string of the molecule is CN1CCN(c2cc(C3CC3)cc3cc(CN)nn23)CC1. The molecule has 2 N–H and O–H groups in total. The largest absolute Gasteiger partial charge is 0.354 e. The van der Waals surface area contributed by atoms with Crippen molar-refractivity contribution in [1.29, 1.82) is 0 Å². The molecular formula is C16H23N5. The van der Waals surface area contributed by atoms with Gasteiger partial charge in [0.1, 0.15) is 5.82 Å². The number of fused-ring (bicyclic) bond motifs is 1. The first-order valence-corrected chi connectivity index (χ1v) is 7.91. The standard InChI is InChI=1S/C16H23N5/c1-19-4-6-20(7-5-19)16-9-13(12-2-3-12)8-15-10-14(11-17)18-21(15)16/h8-10,12H,2-7,11,17H2,1H3. The van der Waals surface area contributed by atoms with E-state index in [1.165, 1.54) is 29.7 Å². The molecule has 112 valence electrons. The quantitative estimate of drug-likeness (QED) is 0.926. The Balaban J connectivity index is 1.78. The highest BCUT2D eigenvalue weighted by atomic mass is 15.4. The maximum Gasteiger partial charge on any atom is 0.131 e. The molecule has 1 aliphatic heterocycles. The third-order valence-electron chi connectivity index (χ3n) is 4.70. The number of piperazine rings is 1. The second kappa shape index (κ2) is 5.00. The summed E-state index contributed by atoms with van der Waals surface area (Å²) in [5.41, 5.74) is 9.41. The van der Waals surface area contributed by atoms with E-state index in [0.29, 0.717) is 6.54 Å². The molecule has 0 atom stereocenters. The average Bonchev–Trinajstić information content (AvgIpc) is 3.26. The van der Waals surface area contributed by atoms with Gasteiger partial charge in [0, 0.05) is 32.7 Å². The maximum absolute atomic E-state index is 5.77. The van der Waals surface area contributed by atoms with Crippen molar-refractivity contribution >= 4 is 11.3 Å². The molecule has 4 rings (SSSR count). The summed E-state index contributed by atoms with van der Waals surface area (Å²) in [7, 11) is 2.19. The van der Waals surface area contributed by atoms with E-state index in [1.807, 2.05) is 0 Å². The topological polar surface area (TPSA) is 49.8 Å². The average molecular weight is 285 g/mol. The van der Waals surface area contributed by atoms with Crippen molar-refractivity contribution in [2.24, 2.45) is 5.73 Å². The zero-order valence-corrected chi connectivity index (χ0v) is 12.6. The summed E-state index contributed by atoms with van der Waals surface area (Å²) in [5, 5.41) is 4.68. The summed E-state index contributed by atoms with van der Waals surface area (Å²) in [6, 6.07) is 6.78. The lowest BCUT2D eigenvalue weighted by atomic mass is 10.1. The van der Waals surface area contributed by atoms with Crippen LogP contribution in [-0.4, -0.2) is 47.7 Å². The molecule has 1 saturated heterocycles. The Morgan fingerprint density at radius 3 is 2.57 bits per heavy atom. The Kier molecular flexibility index (Phi) is 3.12. The molecule has 0 spiro atoms. The molecular weight excluding hydrogens is 262 g/mol. The van der Waals surface area contributed by atoms with Crippen molar-refractivity contribution < 1.29 is 0 Å². The van der Waals surface area contributed by atoms with Gasteiger partial charge in [0.15, 0.2) is 0 Å². The van der Waals surface area contributed by atoms with E-state index in [2.05, 4.69) is 44.7 Å². The third-order valence-corrected chi connectivity index (χ3v) is 4.70. The number of nitrogens with zero attached hydrogens (tertiary/aromatic N) is 4. The van der Waals surface area contributed by atoms with Gasteiger partial charge in [-0.2, -0.15) is 5.10 Å². The minimum Gasteiger partial charge on any atom is -0.354 e. The molecule has 0 amide bonds. The molecule has 1 aliphatic carbocycles. The number of likely N-dealkylation sites (N-methyl/N-ethyl adjacent to an activating group) is 1. The first kappa shape index (κ1) is 13.1. The molecule has 1 saturated carbocycles. The van der Waals surface area contributed by atoms with Gasteiger partial charge in [-0.3, -0.25) is 0 Å². The second-order valence-corrected chi connectivity index (χ2v) is 6.39. The van der Waals surface area contributed by atoms with E-state index in [9.17, 15) is 0 Å². The Labute approximate surface area is 125 Å². The Morgan fingerprint density at radius 2 is 1.90 bits per heavy atom. The molecule has 3 heterocycles. The lowest BCUT2D eigenvalue weighted by Gasteiger charge is -2.34. The Bertz CT molecular complexity index is 650. The fourth-order valence-corrected chi connectivity index (χ4v) is 3.17. The number of rotatable bonds is 3. The molecule has 2 fully saturated rings. The molecule has 2 aromatic rings. The molecule has 5 nitrogen and oxygen atoms in total. The fraction of sp³-hybridized carbons (Fsp3) is 0.562. The fourth-order valence-electron chi connectivity index (χ4n) is 3.17. The highest BCUT2D eigenvalue weighted by molar-refractivity contribution is 5.60. The van der Waals surface area contributed by atoms with Gasteiger partial charge in [0.05, 0.1) is 11.2 Å². The summed E-state index contributed by atoms with van der Waals surface area (Å²) in [5.74, 6) is 2.00. The van der Waals surface area contributed by atoms with Crippen molar-refractivity contribution in [2.45, 2.75) is 25.3 Å². The van der Waals surface area contributed by atoms with Gasteiger partial charge in [-0.1, -0.05) is 0 Å². The van der Waals surface area contributed by atoms with Crippen molar-refractivity contribution in [1.82, 2.24) is 14.5 Å². The van der Waals surface area contributed by atoms with Gasteiger partial charge >= 0.3 is 0 Å². The zero-order valence-electron chi connectivity index (χ0n) is 12.6. The van der Waals surface area contributed by atoms with Crippen molar-refractivity contribution in [3.63, 3.8) is 0 Å². The van der Waals surface area contributed by atoms with E-state index in [0.717, 1.165) is 37.8 Å². The molecule has 21 heavy (non-hydrogen) atoms. The summed E-state index contributed by atoms with van der Waals surface area (Å²) < 4.78 is 2.08. The van der Waals surface area contributed by atoms with Crippen LogP contribution in [0.1, 0.15) is 30.0 Å². The van der Waals surface area contributed by atoms with E-state index < -0.39 is 0 Å². The van der Waals surface area contributed by atoms with Crippen LogP contribution in [0.3, 0.4) is 0 Å². The minimum atomic E-state index is 0.503. The highest BCUT2D eigenvalue weighted by Gasteiger charge is 2.26. The number of nitrogens with two attached hydrogens (primary N) is 1. The molecule has 5 heteroatoms. The number of hydrogen-bond donors (Lipinski definition) is 1. The van der Waals surface area contributed by atoms with Crippen LogP contribution in [0.5, 0.6) is 0 Å². The monoisotopic (exact) mass is 285 g/mol. The van der Waals surface area contributed by atoms with Gasteiger partial charge in [0.2, 0.25) is 0 Å².